The predicted octanol–water partition coefficient (Wildman–Crippen LogP) is 3.03. The second-order valence-corrected chi connectivity index (χ2v) is 7.39. The molecule has 0 radical (unpaired) electrons. The second-order valence-electron chi connectivity index (χ2n) is 7.39. The quantitative estimate of drug-likeness (QED) is 0.810. The molecule has 2 aliphatic heterocycles. The van der Waals surface area contributed by atoms with Crippen molar-refractivity contribution >= 4 is 0 Å². The van der Waals surface area contributed by atoms with Gasteiger partial charge in [-0.05, 0) is 57.4 Å². The van der Waals surface area contributed by atoms with Crippen LogP contribution in [-0.2, 0) is 0 Å². The first kappa shape index (κ1) is 12.9. The lowest BCUT2D eigenvalue weighted by atomic mass is 9.78. The molecule has 2 bridgehead atoms. The lowest BCUT2D eigenvalue weighted by Crippen LogP contribution is -2.52. The van der Waals surface area contributed by atoms with Gasteiger partial charge in [0.1, 0.15) is 0 Å². The maximum Gasteiger partial charge on any atom is 0.0125 e. The summed E-state index contributed by atoms with van der Waals surface area (Å²) in [4.78, 5) is 2.77. The molecule has 0 aromatic rings. The van der Waals surface area contributed by atoms with Crippen LogP contribution >= 0.6 is 0 Å². The molecule has 0 aromatic heterocycles. The van der Waals surface area contributed by atoms with Crippen LogP contribution in [0.25, 0.3) is 0 Å². The molecule has 0 aromatic carbocycles. The van der Waals surface area contributed by atoms with Crippen molar-refractivity contribution in [2.45, 2.75) is 83.0 Å². The predicted molar refractivity (Wildman–Crippen MR) is 76.7 cm³/mol. The van der Waals surface area contributed by atoms with Crippen LogP contribution in [0.4, 0.5) is 0 Å². The molecule has 5 unspecified atom stereocenters. The molecule has 0 amide bonds. The smallest absolute Gasteiger partial charge is 0.0125 e. The van der Waals surface area contributed by atoms with Gasteiger partial charge in [0.15, 0.2) is 0 Å². The Morgan fingerprint density at radius 1 is 0.889 bits per heavy atom. The number of nitrogens with one attached hydrogen (secondary N) is 1. The zero-order valence-corrected chi connectivity index (χ0v) is 12.4. The minimum absolute atomic E-state index is 0.826. The maximum atomic E-state index is 3.77. The molecular formula is C16H30N2. The summed E-state index contributed by atoms with van der Waals surface area (Å²) in [5.41, 5.74) is 0. The van der Waals surface area contributed by atoms with Crippen LogP contribution in [0.1, 0.15) is 58.8 Å². The van der Waals surface area contributed by atoms with Gasteiger partial charge in [-0.1, -0.05) is 20.3 Å². The normalized spacial score (nSPS) is 48.7. The molecule has 2 nitrogen and oxygen atoms in total. The molecule has 3 fully saturated rings. The van der Waals surface area contributed by atoms with E-state index in [0.717, 1.165) is 36.0 Å². The van der Waals surface area contributed by atoms with Crippen molar-refractivity contribution in [1.29, 1.82) is 0 Å². The topological polar surface area (TPSA) is 15.3 Å². The van der Waals surface area contributed by atoms with E-state index in [1.807, 2.05) is 0 Å². The highest BCUT2D eigenvalue weighted by atomic mass is 15.2. The van der Waals surface area contributed by atoms with Crippen molar-refractivity contribution in [3.05, 3.63) is 0 Å². The Labute approximate surface area is 113 Å². The molecule has 1 N–H and O–H groups in total. The van der Waals surface area contributed by atoms with E-state index in [-0.39, 0.29) is 0 Å². The van der Waals surface area contributed by atoms with Crippen LogP contribution in [-0.4, -0.2) is 36.1 Å². The molecule has 2 saturated heterocycles. The number of fused-ring (bicyclic) bond motifs is 2. The van der Waals surface area contributed by atoms with Crippen molar-refractivity contribution in [2.24, 2.45) is 11.8 Å². The van der Waals surface area contributed by atoms with Gasteiger partial charge in [0.25, 0.3) is 0 Å². The second kappa shape index (κ2) is 5.13. The number of hydrogen-bond acceptors (Lipinski definition) is 2. The first-order chi connectivity index (χ1) is 8.63. The van der Waals surface area contributed by atoms with Gasteiger partial charge in [0.2, 0.25) is 0 Å². The Morgan fingerprint density at radius 3 is 2.22 bits per heavy atom. The third-order valence-corrected chi connectivity index (χ3v) is 5.96. The van der Waals surface area contributed by atoms with Crippen molar-refractivity contribution < 1.29 is 0 Å². The third kappa shape index (κ3) is 2.46. The molecule has 2 heterocycles. The Morgan fingerprint density at radius 2 is 1.56 bits per heavy atom. The maximum absolute atomic E-state index is 3.77. The average molecular weight is 250 g/mol. The molecule has 5 atom stereocenters. The molecule has 18 heavy (non-hydrogen) atoms. The van der Waals surface area contributed by atoms with Crippen LogP contribution in [0.15, 0.2) is 0 Å². The number of rotatable bonds is 2. The van der Waals surface area contributed by atoms with Crippen LogP contribution in [0.2, 0.25) is 0 Å². The van der Waals surface area contributed by atoms with Crippen LogP contribution in [0, 0.1) is 11.8 Å². The highest BCUT2D eigenvalue weighted by Crippen LogP contribution is 2.36. The van der Waals surface area contributed by atoms with Crippen molar-refractivity contribution in [3.8, 4) is 0 Å². The standard InChI is InChI=1S/C16H30N2/c1-11-4-5-12(2)16(8-11)18(3)15-9-13-6-7-14(10-15)17-13/h11-17H,4-10H2,1-3H3. The number of nitrogens with zero attached hydrogens (tertiary/aromatic N) is 1. The Hall–Kier alpha value is -0.0800. The van der Waals surface area contributed by atoms with Gasteiger partial charge in [-0.25, -0.2) is 0 Å². The van der Waals surface area contributed by atoms with Gasteiger partial charge < -0.3 is 10.2 Å². The Kier molecular flexibility index (Phi) is 3.68. The fraction of sp³-hybridized carbons (Fsp3) is 1.00. The van der Waals surface area contributed by atoms with Crippen LogP contribution < -0.4 is 5.32 Å². The van der Waals surface area contributed by atoms with E-state index in [4.69, 9.17) is 0 Å². The fourth-order valence-electron chi connectivity index (χ4n) is 4.70. The number of piperidine rings is 1. The van der Waals surface area contributed by atoms with E-state index in [0.29, 0.717) is 0 Å². The van der Waals surface area contributed by atoms with Gasteiger partial charge >= 0.3 is 0 Å². The lowest BCUT2D eigenvalue weighted by molar-refractivity contribution is 0.0558. The first-order valence-corrected chi connectivity index (χ1v) is 8.11. The molecule has 3 rings (SSSR count). The minimum Gasteiger partial charge on any atom is -0.311 e. The first-order valence-electron chi connectivity index (χ1n) is 8.11. The Bertz CT molecular complexity index is 279. The zero-order valence-electron chi connectivity index (χ0n) is 12.4. The molecule has 3 aliphatic rings. The van der Waals surface area contributed by atoms with Crippen molar-refractivity contribution in [3.63, 3.8) is 0 Å². The minimum atomic E-state index is 0.826. The van der Waals surface area contributed by atoms with E-state index < -0.39 is 0 Å². The molecule has 104 valence electrons. The zero-order chi connectivity index (χ0) is 12.7. The van der Waals surface area contributed by atoms with Crippen molar-refractivity contribution in [1.82, 2.24) is 10.2 Å². The van der Waals surface area contributed by atoms with E-state index in [9.17, 15) is 0 Å². The highest BCUT2D eigenvalue weighted by molar-refractivity contribution is 4.97. The summed E-state index contributed by atoms with van der Waals surface area (Å²) >= 11 is 0. The lowest BCUT2D eigenvalue weighted by Gasteiger charge is -2.45. The van der Waals surface area contributed by atoms with Gasteiger partial charge in [-0.2, -0.15) is 0 Å². The summed E-state index contributed by atoms with van der Waals surface area (Å²) in [6.07, 6.45) is 9.94. The van der Waals surface area contributed by atoms with Gasteiger partial charge in [-0.3, -0.25) is 0 Å². The summed E-state index contributed by atoms with van der Waals surface area (Å²) in [6.45, 7) is 4.92. The highest BCUT2D eigenvalue weighted by Gasteiger charge is 2.38. The summed E-state index contributed by atoms with van der Waals surface area (Å²) in [6, 6.07) is 3.35. The van der Waals surface area contributed by atoms with Crippen LogP contribution in [0.5, 0.6) is 0 Å². The summed E-state index contributed by atoms with van der Waals surface area (Å²) in [7, 11) is 2.41. The molecule has 0 spiro atoms. The summed E-state index contributed by atoms with van der Waals surface area (Å²) in [5.74, 6) is 1.84. The van der Waals surface area contributed by atoms with Gasteiger partial charge in [0, 0.05) is 24.2 Å². The van der Waals surface area contributed by atoms with Gasteiger partial charge in [-0.15, -0.1) is 0 Å². The van der Waals surface area contributed by atoms with E-state index in [1.165, 1.54) is 44.9 Å². The third-order valence-electron chi connectivity index (χ3n) is 5.96. The van der Waals surface area contributed by atoms with E-state index >= 15 is 0 Å². The monoisotopic (exact) mass is 250 g/mol. The largest absolute Gasteiger partial charge is 0.311 e. The van der Waals surface area contributed by atoms with Crippen molar-refractivity contribution in [2.75, 3.05) is 7.05 Å². The van der Waals surface area contributed by atoms with Gasteiger partial charge in [0.05, 0.1) is 0 Å². The average Bonchev–Trinajstić information content (AvgIpc) is 2.70. The van der Waals surface area contributed by atoms with E-state index in [2.05, 4.69) is 31.1 Å². The SMILES string of the molecule is CC1CCC(C)C(N(C)C2CC3CCC(C2)N3)C1. The fourth-order valence-corrected chi connectivity index (χ4v) is 4.70. The molecular weight excluding hydrogens is 220 g/mol. The Balaban J connectivity index is 1.64. The molecule has 1 saturated carbocycles. The molecule has 1 aliphatic carbocycles. The molecule has 2 heteroatoms. The number of hydrogen-bond donors (Lipinski definition) is 1. The summed E-state index contributed by atoms with van der Waals surface area (Å²) < 4.78 is 0. The van der Waals surface area contributed by atoms with Crippen LogP contribution in [0.3, 0.4) is 0 Å². The van der Waals surface area contributed by atoms with E-state index in [1.54, 1.807) is 0 Å². The summed E-state index contributed by atoms with van der Waals surface area (Å²) in [5, 5.41) is 3.77.